The minimum Gasteiger partial charge on any atom is -0.393 e. The average Bonchev–Trinajstić information content (AvgIpc) is 2.16. The summed E-state index contributed by atoms with van der Waals surface area (Å²) in [7, 11) is 0. The molecular formula is C12H26O. The second-order valence-electron chi connectivity index (χ2n) is 4.16. The summed E-state index contributed by atoms with van der Waals surface area (Å²) in [6.45, 7) is 6.45. The fraction of sp³-hybridized carbons (Fsp3) is 1.00. The summed E-state index contributed by atoms with van der Waals surface area (Å²) in [6.07, 6.45) is 8.69. The molecule has 0 aromatic rings. The van der Waals surface area contributed by atoms with Crippen LogP contribution in [0.2, 0.25) is 0 Å². The Morgan fingerprint density at radius 1 is 1.00 bits per heavy atom. The van der Waals surface area contributed by atoms with Gasteiger partial charge >= 0.3 is 0 Å². The summed E-state index contributed by atoms with van der Waals surface area (Å²) in [5.41, 5.74) is 0. The number of aliphatic hydroxyl groups excluding tert-OH is 1. The van der Waals surface area contributed by atoms with Crippen LogP contribution in [0.25, 0.3) is 0 Å². The molecule has 1 unspecified atom stereocenters. The number of unbranched alkanes of at least 4 members (excludes halogenated alkanes) is 4. The van der Waals surface area contributed by atoms with Crippen molar-refractivity contribution in [2.45, 2.75) is 71.8 Å². The quantitative estimate of drug-likeness (QED) is 0.572. The molecule has 1 heteroatoms. The highest BCUT2D eigenvalue weighted by Crippen LogP contribution is 2.16. The van der Waals surface area contributed by atoms with Gasteiger partial charge in [0.25, 0.3) is 0 Å². The average molecular weight is 186 g/mol. The van der Waals surface area contributed by atoms with E-state index in [4.69, 9.17) is 0 Å². The van der Waals surface area contributed by atoms with Crippen LogP contribution in [0.4, 0.5) is 0 Å². The molecule has 0 radical (unpaired) electrons. The van der Waals surface area contributed by atoms with Crippen LogP contribution >= 0.6 is 0 Å². The van der Waals surface area contributed by atoms with Gasteiger partial charge < -0.3 is 5.11 Å². The number of rotatable bonds is 8. The first-order chi connectivity index (χ1) is 6.22. The Morgan fingerprint density at radius 3 is 2.15 bits per heavy atom. The maximum Gasteiger partial charge on any atom is 0.0563 e. The van der Waals surface area contributed by atoms with E-state index >= 15 is 0 Å². The fourth-order valence-electron chi connectivity index (χ4n) is 1.66. The van der Waals surface area contributed by atoms with E-state index in [-0.39, 0.29) is 6.10 Å². The van der Waals surface area contributed by atoms with Crippen molar-refractivity contribution in [2.75, 3.05) is 0 Å². The molecule has 2 atom stereocenters. The van der Waals surface area contributed by atoms with Crippen molar-refractivity contribution < 1.29 is 5.11 Å². The Labute approximate surface area is 83.5 Å². The van der Waals surface area contributed by atoms with E-state index in [1.807, 2.05) is 0 Å². The lowest BCUT2D eigenvalue weighted by Gasteiger charge is -2.16. The maximum absolute atomic E-state index is 9.53. The van der Waals surface area contributed by atoms with Crippen molar-refractivity contribution in [2.24, 2.45) is 5.92 Å². The van der Waals surface area contributed by atoms with Gasteiger partial charge in [0, 0.05) is 0 Å². The molecule has 0 aliphatic carbocycles. The van der Waals surface area contributed by atoms with Crippen LogP contribution in [0, 0.1) is 5.92 Å². The van der Waals surface area contributed by atoms with E-state index < -0.39 is 0 Å². The van der Waals surface area contributed by atoms with E-state index in [0.717, 1.165) is 6.42 Å². The molecule has 0 aliphatic heterocycles. The standard InChI is InChI=1S/C12H26O/c1-4-6-7-8-9-10-11(3)12(13)5-2/h11-13H,4-10H2,1-3H3/t11-,12?/m1/s1. The van der Waals surface area contributed by atoms with Crippen LogP contribution in [0.15, 0.2) is 0 Å². The minimum atomic E-state index is -0.0776. The summed E-state index contributed by atoms with van der Waals surface area (Å²) in [5, 5.41) is 9.53. The normalized spacial score (nSPS) is 15.7. The summed E-state index contributed by atoms with van der Waals surface area (Å²) in [4.78, 5) is 0. The molecular weight excluding hydrogens is 160 g/mol. The van der Waals surface area contributed by atoms with Gasteiger partial charge in [0.15, 0.2) is 0 Å². The minimum absolute atomic E-state index is 0.0776. The van der Waals surface area contributed by atoms with Crippen molar-refractivity contribution in [1.82, 2.24) is 0 Å². The Balaban J connectivity index is 3.21. The molecule has 0 saturated heterocycles. The van der Waals surface area contributed by atoms with Gasteiger partial charge in [-0.1, -0.05) is 52.9 Å². The molecule has 0 aromatic heterocycles. The smallest absolute Gasteiger partial charge is 0.0563 e. The highest BCUT2D eigenvalue weighted by atomic mass is 16.3. The molecule has 0 fully saturated rings. The molecule has 0 aliphatic rings. The first-order valence-electron chi connectivity index (χ1n) is 5.90. The molecule has 0 bridgehead atoms. The van der Waals surface area contributed by atoms with Gasteiger partial charge in [-0.3, -0.25) is 0 Å². The zero-order valence-corrected chi connectivity index (χ0v) is 9.55. The van der Waals surface area contributed by atoms with Gasteiger partial charge in [0.05, 0.1) is 6.10 Å². The SMILES string of the molecule is CCCCCCC[C@@H](C)C(O)CC. The monoisotopic (exact) mass is 186 g/mol. The molecule has 0 heterocycles. The highest BCUT2D eigenvalue weighted by molar-refractivity contribution is 4.62. The van der Waals surface area contributed by atoms with Gasteiger partial charge in [-0.05, 0) is 18.8 Å². The molecule has 1 N–H and O–H groups in total. The summed E-state index contributed by atoms with van der Waals surface area (Å²) >= 11 is 0. The van der Waals surface area contributed by atoms with Crippen molar-refractivity contribution in [3.63, 3.8) is 0 Å². The third kappa shape index (κ3) is 7.06. The Kier molecular flexibility index (Phi) is 8.53. The molecule has 0 spiro atoms. The number of hydrogen-bond acceptors (Lipinski definition) is 1. The van der Waals surface area contributed by atoms with Gasteiger partial charge in [-0.25, -0.2) is 0 Å². The van der Waals surface area contributed by atoms with Crippen LogP contribution < -0.4 is 0 Å². The molecule has 13 heavy (non-hydrogen) atoms. The maximum atomic E-state index is 9.53. The number of hydrogen-bond donors (Lipinski definition) is 1. The lowest BCUT2D eigenvalue weighted by molar-refractivity contribution is 0.106. The Bertz CT molecular complexity index is 101. The van der Waals surface area contributed by atoms with E-state index in [1.165, 1.54) is 38.5 Å². The molecule has 0 amide bonds. The molecule has 0 saturated carbocycles. The van der Waals surface area contributed by atoms with Crippen molar-refractivity contribution in [3.8, 4) is 0 Å². The molecule has 0 aromatic carbocycles. The zero-order chi connectivity index (χ0) is 10.1. The predicted molar refractivity (Wildman–Crippen MR) is 58.8 cm³/mol. The predicted octanol–water partition coefficient (Wildman–Crippen LogP) is 3.75. The van der Waals surface area contributed by atoms with Gasteiger partial charge in [0.2, 0.25) is 0 Å². The highest BCUT2D eigenvalue weighted by Gasteiger charge is 2.10. The van der Waals surface area contributed by atoms with Crippen molar-refractivity contribution in [3.05, 3.63) is 0 Å². The molecule has 1 nitrogen and oxygen atoms in total. The van der Waals surface area contributed by atoms with Crippen LogP contribution in [-0.4, -0.2) is 11.2 Å². The first kappa shape index (κ1) is 13.0. The summed E-state index contributed by atoms with van der Waals surface area (Å²) < 4.78 is 0. The topological polar surface area (TPSA) is 20.2 Å². The summed E-state index contributed by atoms with van der Waals surface area (Å²) in [5.74, 6) is 0.492. The van der Waals surface area contributed by atoms with Crippen molar-refractivity contribution >= 4 is 0 Å². The zero-order valence-electron chi connectivity index (χ0n) is 9.55. The van der Waals surface area contributed by atoms with Gasteiger partial charge in [-0.2, -0.15) is 0 Å². The third-order valence-electron chi connectivity index (χ3n) is 2.84. The molecule has 80 valence electrons. The van der Waals surface area contributed by atoms with E-state index in [2.05, 4.69) is 20.8 Å². The van der Waals surface area contributed by atoms with Crippen LogP contribution in [0.5, 0.6) is 0 Å². The van der Waals surface area contributed by atoms with Gasteiger partial charge in [0.1, 0.15) is 0 Å². The van der Waals surface area contributed by atoms with E-state index in [0.29, 0.717) is 5.92 Å². The summed E-state index contributed by atoms with van der Waals surface area (Å²) in [6, 6.07) is 0. The fourth-order valence-corrected chi connectivity index (χ4v) is 1.66. The van der Waals surface area contributed by atoms with Crippen LogP contribution in [0.1, 0.15) is 65.7 Å². The van der Waals surface area contributed by atoms with Crippen LogP contribution in [0.3, 0.4) is 0 Å². The largest absolute Gasteiger partial charge is 0.393 e. The Morgan fingerprint density at radius 2 is 1.62 bits per heavy atom. The second-order valence-corrected chi connectivity index (χ2v) is 4.16. The molecule has 0 rings (SSSR count). The Hall–Kier alpha value is -0.0400. The van der Waals surface area contributed by atoms with Crippen LogP contribution in [-0.2, 0) is 0 Å². The lowest BCUT2D eigenvalue weighted by atomic mass is 9.95. The van der Waals surface area contributed by atoms with Gasteiger partial charge in [-0.15, -0.1) is 0 Å². The van der Waals surface area contributed by atoms with E-state index in [1.54, 1.807) is 0 Å². The number of aliphatic hydroxyl groups is 1. The second kappa shape index (κ2) is 8.55. The van der Waals surface area contributed by atoms with Crippen molar-refractivity contribution in [1.29, 1.82) is 0 Å². The van der Waals surface area contributed by atoms with E-state index in [9.17, 15) is 5.11 Å². The first-order valence-corrected chi connectivity index (χ1v) is 5.90. The third-order valence-corrected chi connectivity index (χ3v) is 2.84. The lowest BCUT2D eigenvalue weighted by Crippen LogP contribution is -2.15.